The van der Waals surface area contributed by atoms with Crippen molar-refractivity contribution in [3.8, 4) is 0 Å². The van der Waals surface area contributed by atoms with E-state index in [1.165, 1.54) is 0 Å². The molecular formula is C76H93N2O8PSi2. The molecule has 8 aromatic carbocycles. The van der Waals surface area contributed by atoms with Gasteiger partial charge in [0, 0.05) is 17.2 Å². The fourth-order valence-corrected chi connectivity index (χ4v) is 13.4. The van der Waals surface area contributed by atoms with Crippen LogP contribution in [0, 0.1) is 0 Å². The summed E-state index contributed by atoms with van der Waals surface area (Å²) in [7, 11) is -7.35. The molecule has 0 aliphatic carbocycles. The van der Waals surface area contributed by atoms with Gasteiger partial charge >= 0.3 is 7.60 Å². The lowest BCUT2D eigenvalue weighted by Gasteiger charge is -2.41. The molecule has 0 spiro atoms. The van der Waals surface area contributed by atoms with Gasteiger partial charge < -0.3 is 22.7 Å². The third-order valence-corrected chi connectivity index (χ3v) is 27.7. The number of Topliss-reactive ketones (excluding diaryl/α,β-unsaturated/α-hetero) is 1. The molecule has 0 aliphatic heterocycles. The number of benzene rings is 8. The van der Waals surface area contributed by atoms with Crippen molar-refractivity contribution in [2.24, 2.45) is 0 Å². The predicted molar refractivity (Wildman–Crippen MR) is 371 cm³/mol. The van der Waals surface area contributed by atoms with Crippen molar-refractivity contribution in [3.63, 3.8) is 0 Å². The smallest absolute Gasteiger partial charge is 0.338 e. The van der Waals surface area contributed by atoms with Crippen LogP contribution in [0.15, 0.2) is 255 Å². The molecule has 0 unspecified atom stereocenters. The second-order valence-electron chi connectivity index (χ2n) is 25.0. The molecule has 89 heavy (non-hydrogen) atoms. The summed E-state index contributed by atoms with van der Waals surface area (Å²) in [6.07, 6.45) is 4.44. The SMILES string of the molecule is CC(C)(C)[Si](C)(C)OC[C@@H](/C=C/C(=O)c1ccccc1)NC(c1ccccc1)(c1ccccc1)c1ccccc1.CC(C)(C)[Si](C)(C)OC[C@@H](C=O)NC(c1ccccc1)(c1ccccc1)c1ccccc1.CCOP(=O)(CC(=O)c1ccccc1)OCC. The monoisotopic (exact) mass is 1250 g/mol. The summed E-state index contributed by atoms with van der Waals surface area (Å²) in [6.45, 7) is 27.1. The molecule has 8 aromatic rings. The van der Waals surface area contributed by atoms with Gasteiger partial charge in [-0.2, -0.15) is 0 Å². The molecule has 2 atom stereocenters. The Hall–Kier alpha value is -7.07. The molecule has 0 amide bonds. The van der Waals surface area contributed by atoms with Crippen molar-refractivity contribution >= 4 is 42.1 Å². The second kappa shape index (κ2) is 33.1. The minimum atomic E-state index is -3.29. The molecule has 8 rings (SSSR count). The zero-order valence-electron chi connectivity index (χ0n) is 54.2. The number of rotatable bonds is 27. The van der Waals surface area contributed by atoms with E-state index >= 15 is 0 Å². The molecule has 0 saturated carbocycles. The van der Waals surface area contributed by atoms with Crippen LogP contribution in [0.4, 0.5) is 0 Å². The maximum absolute atomic E-state index is 13.1. The van der Waals surface area contributed by atoms with Crippen LogP contribution in [0.1, 0.15) is 109 Å². The van der Waals surface area contributed by atoms with E-state index in [-0.39, 0.29) is 47.1 Å². The van der Waals surface area contributed by atoms with Crippen LogP contribution in [0.25, 0.3) is 0 Å². The van der Waals surface area contributed by atoms with Gasteiger partial charge in [0.2, 0.25) is 0 Å². The average molecular weight is 1250 g/mol. The maximum Gasteiger partial charge on any atom is 0.338 e. The molecular weight excluding hydrogens is 1160 g/mol. The average Bonchev–Trinajstić information content (AvgIpc) is 2.68. The highest BCUT2D eigenvalue weighted by Gasteiger charge is 2.43. The summed E-state index contributed by atoms with van der Waals surface area (Å²) < 4.78 is 35.5. The van der Waals surface area contributed by atoms with Crippen LogP contribution >= 0.6 is 7.60 Å². The maximum atomic E-state index is 13.1. The quantitative estimate of drug-likeness (QED) is 0.0128. The van der Waals surface area contributed by atoms with Crippen LogP contribution in [0.5, 0.6) is 0 Å². The summed E-state index contributed by atoms with van der Waals surface area (Å²) in [6, 6.07) is 80.0. The van der Waals surface area contributed by atoms with Crippen molar-refractivity contribution in [1.82, 2.24) is 10.6 Å². The van der Waals surface area contributed by atoms with E-state index in [1.54, 1.807) is 44.2 Å². The van der Waals surface area contributed by atoms with Gasteiger partial charge in [0.15, 0.2) is 28.2 Å². The Labute approximate surface area is 533 Å². The highest BCUT2D eigenvalue weighted by Crippen LogP contribution is 2.48. The molecule has 2 N–H and O–H groups in total. The Balaban J connectivity index is 0.000000230. The normalized spacial score (nSPS) is 13.0. The Bertz CT molecular complexity index is 3250. The van der Waals surface area contributed by atoms with Gasteiger partial charge in [-0.25, -0.2) is 0 Å². The Kier molecular flexibility index (Phi) is 26.4. The summed E-state index contributed by atoms with van der Waals surface area (Å²) in [4.78, 5) is 37.3. The van der Waals surface area contributed by atoms with Crippen LogP contribution in [-0.4, -0.2) is 79.2 Å². The van der Waals surface area contributed by atoms with Gasteiger partial charge in [-0.3, -0.25) is 24.8 Å². The van der Waals surface area contributed by atoms with Crippen molar-refractivity contribution in [2.45, 2.75) is 115 Å². The Morgan fingerprint density at radius 2 is 0.708 bits per heavy atom. The Morgan fingerprint density at radius 1 is 0.438 bits per heavy atom. The second-order valence-corrected chi connectivity index (χ2v) is 36.6. The zero-order valence-corrected chi connectivity index (χ0v) is 57.1. The van der Waals surface area contributed by atoms with Gasteiger partial charge in [0.25, 0.3) is 0 Å². The highest BCUT2D eigenvalue weighted by molar-refractivity contribution is 7.55. The van der Waals surface area contributed by atoms with Crippen LogP contribution in [-0.2, 0) is 38.3 Å². The topological polar surface area (TPSA) is 129 Å². The number of carbonyl (C=O) groups excluding carboxylic acids is 3. The first-order chi connectivity index (χ1) is 42.4. The van der Waals surface area contributed by atoms with Crippen molar-refractivity contribution in [3.05, 3.63) is 299 Å². The molecule has 468 valence electrons. The molecule has 0 aromatic heterocycles. The third-order valence-electron chi connectivity index (χ3n) is 16.7. The number of aldehydes is 1. The number of hydrogen-bond donors (Lipinski definition) is 2. The molecule has 0 fully saturated rings. The lowest BCUT2D eigenvalue weighted by molar-refractivity contribution is -0.110. The first-order valence-corrected chi connectivity index (χ1v) is 38.4. The van der Waals surface area contributed by atoms with E-state index in [0.717, 1.165) is 39.7 Å². The standard InChI is InChI=1S/C36H41NO2Si.C28H35NO2Si.C12H17O4P/c1-35(2,3)40(4,5)39-28-33(26-27-34(38)29-18-10-6-11-19-29)37-36(30-20-12-7-13-21-30,31-22-14-8-15-23-31)32-24-16-9-17-25-32;1-27(2,3)32(4,5)31-22-26(21-30)29-28(23-15-9-6-10-16-23,24-17-11-7-12-18-24)25-19-13-8-14-20-25;1-3-15-17(14,16-4-2)10-12(13)11-8-6-5-7-9-11/h6-27,33,37H,28H2,1-5H3;6-21,26,29H,22H2,1-5H3;5-9H,3-4,10H2,1-2H3/b27-26+;;/t33-;26-;/m11./s1. The summed E-state index contributed by atoms with van der Waals surface area (Å²) in [5, 5.41) is 7.87. The predicted octanol–water partition coefficient (Wildman–Crippen LogP) is 17.7. The fourth-order valence-electron chi connectivity index (χ4n) is 9.79. The first kappa shape index (κ1) is 71.0. The molecule has 0 aliphatic rings. The largest absolute Gasteiger partial charge is 0.415 e. The van der Waals surface area contributed by atoms with Gasteiger partial charge in [0.05, 0.1) is 43.5 Å². The number of carbonyl (C=O) groups is 3. The van der Waals surface area contributed by atoms with Crippen molar-refractivity contribution in [1.29, 1.82) is 0 Å². The number of nitrogens with one attached hydrogen (secondary N) is 2. The van der Waals surface area contributed by atoms with E-state index in [2.05, 4.69) is 188 Å². The lowest BCUT2D eigenvalue weighted by Crippen LogP contribution is -2.53. The van der Waals surface area contributed by atoms with Gasteiger partial charge in [-0.1, -0.05) is 290 Å². The Morgan fingerprint density at radius 3 is 0.989 bits per heavy atom. The first-order valence-electron chi connectivity index (χ1n) is 30.8. The van der Waals surface area contributed by atoms with E-state index in [0.29, 0.717) is 24.3 Å². The highest BCUT2D eigenvalue weighted by atomic mass is 31.2. The number of ketones is 2. The van der Waals surface area contributed by atoms with Crippen LogP contribution in [0.2, 0.25) is 36.3 Å². The van der Waals surface area contributed by atoms with Crippen molar-refractivity contribution in [2.75, 3.05) is 32.6 Å². The molecule has 0 bridgehead atoms. The number of hydrogen-bond acceptors (Lipinski definition) is 10. The number of allylic oxidation sites excluding steroid dienone is 1. The van der Waals surface area contributed by atoms with Gasteiger partial charge in [-0.15, -0.1) is 0 Å². The summed E-state index contributed by atoms with van der Waals surface area (Å²) in [5.74, 6) is -0.250. The lowest BCUT2D eigenvalue weighted by atomic mass is 9.76. The van der Waals surface area contributed by atoms with E-state index in [9.17, 15) is 18.9 Å². The van der Waals surface area contributed by atoms with E-state index in [4.69, 9.17) is 17.9 Å². The van der Waals surface area contributed by atoms with Gasteiger partial charge in [0.1, 0.15) is 12.4 Å². The molecule has 0 saturated heterocycles. The molecule has 0 heterocycles. The van der Waals surface area contributed by atoms with Crippen LogP contribution in [0.3, 0.4) is 0 Å². The van der Waals surface area contributed by atoms with E-state index in [1.807, 2.05) is 115 Å². The minimum Gasteiger partial charge on any atom is -0.415 e. The van der Waals surface area contributed by atoms with Crippen molar-refractivity contribution < 1.29 is 36.8 Å². The van der Waals surface area contributed by atoms with Crippen LogP contribution < -0.4 is 10.6 Å². The zero-order chi connectivity index (χ0) is 64.6. The minimum absolute atomic E-state index is 0.0236. The molecule has 0 radical (unpaired) electrons. The third kappa shape index (κ3) is 19.5. The summed E-state index contributed by atoms with van der Waals surface area (Å²) in [5.41, 5.74) is 6.42. The molecule has 10 nitrogen and oxygen atoms in total. The van der Waals surface area contributed by atoms with E-state index < -0.39 is 41.4 Å². The fraction of sp³-hybridized carbons (Fsp3) is 0.303. The van der Waals surface area contributed by atoms with Gasteiger partial charge in [-0.05, 0) is 89.6 Å². The summed E-state index contributed by atoms with van der Waals surface area (Å²) >= 11 is 0. The molecule has 13 heteroatoms.